The van der Waals surface area contributed by atoms with Gasteiger partial charge in [-0.05, 0) is 129 Å². The molecule has 6 aromatic heterocycles. The van der Waals surface area contributed by atoms with E-state index in [4.69, 9.17) is 28.8 Å². The first kappa shape index (κ1) is 71.3. The summed E-state index contributed by atoms with van der Waals surface area (Å²) in [4.78, 5) is 26.0. The molecule has 0 N–H and O–H groups in total. The monoisotopic (exact) mass is 1580 g/mol. The highest BCUT2D eigenvalue weighted by atomic mass is 16.3. The van der Waals surface area contributed by atoms with Gasteiger partial charge in [-0.1, -0.05) is 340 Å². The van der Waals surface area contributed by atoms with Gasteiger partial charge in [-0.2, -0.15) is 0 Å². The van der Waals surface area contributed by atoms with Crippen LogP contribution >= 0.6 is 0 Å². The van der Waals surface area contributed by atoms with Crippen LogP contribution < -0.4 is 9.80 Å². The van der Waals surface area contributed by atoms with Gasteiger partial charge < -0.3 is 18.6 Å². The van der Waals surface area contributed by atoms with E-state index in [-0.39, 0.29) is 0 Å². The van der Waals surface area contributed by atoms with Crippen LogP contribution in [0.1, 0.15) is 0 Å². The van der Waals surface area contributed by atoms with E-state index >= 15 is 0 Å². The number of nitrogens with zero attached hydrogens (tertiary/aromatic N) is 8. The molecule has 0 aliphatic rings. The van der Waals surface area contributed by atoms with Gasteiger partial charge in [-0.25, -0.2) is 19.9 Å². The number of para-hydroxylation sites is 5. The van der Waals surface area contributed by atoms with E-state index in [9.17, 15) is 0 Å². The molecule has 0 bridgehead atoms. The first-order valence-corrected chi connectivity index (χ1v) is 41.9. The Morgan fingerprint density at radius 3 is 0.839 bits per heavy atom. The minimum Gasteiger partial charge on any atom is -0.454 e. The van der Waals surface area contributed by atoms with Gasteiger partial charge in [0, 0.05) is 111 Å². The summed E-state index contributed by atoms with van der Waals surface area (Å²) in [7, 11) is 0. The summed E-state index contributed by atoms with van der Waals surface area (Å²) < 4.78 is 18.9. The van der Waals surface area contributed by atoms with E-state index in [0.29, 0.717) is 11.9 Å². The van der Waals surface area contributed by atoms with E-state index in [1.165, 1.54) is 22.3 Å². The van der Waals surface area contributed by atoms with Gasteiger partial charge in [0.2, 0.25) is 11.9 Å². The van der Waals surface area contributed by atoms with Crippen LogP contribution in [0.2, 0.25) is 0 Å². The van der Waals surface area contributed by atoms with E-state index in [0.717, 1.165) is 199 Å². The van der Waals surface area contributed by atoms with Crippen molar-refractivity contribution in [1.29, 1.82) is 0 Å². The van der Waals surface area contributed by atoms with Crippen LogP contribution in [0.3, 0.4) is 0 Å². The smallest absolute Gasteiger partial charge is 0.235 e. The van der Waals surface area contributed by atoms with Gasteiger partial charge in [0.1, 0.15) is 22.2 Å². The van der Waals surface area contributed by atoms with Crippen LogP contribution in [-0.2, 0) is 0 Å². The number of anilines is 6. The lowest BCUT2D eigenvalue weighted by atomic mass is 9.99. The number of hydrogen-bond acceptors (Lipinski definition) is 8. The summed E-state index contributed by atoms with van der Waals surface area (Å²) in [6.45, 7) is 0. The molecule has 6 heterocycles. The number of aromatic nitrogens is 6. The molecule has 0 atom stereocenters. The molecular formula is C114H72N8O2. The van der Waals surface area contributed by atoms with Crippen molar-refractivity contribution in [3.8, 4) is 67.8 Å². The molecule has 10 heteroatoms. The summed E-state index contributed by atoms with van der Waals surface area (Å²) in [5.41, 5.74) is 26.0. The molecule has 124 heavy (non-hydrogen) atoms. The van der Waals surface area contributed by atoms with Crippen LogP contribution in [0.4, 0.5) is 34.1 Å². The second-order valence-corrected chi connectivity index (χ2v) is 31.5. The Morgan fingerprint density at radius 1 is 0.202 bits per heavy atom. The predicted molar refractivity (Wildman–Crippen MR) is 514 cm³/mol. The maximum Gasteiger partial charge on any atom is 0.235 e. The fourth-order valence-corrected chi connectivity index (χ4v) is 18.7. The first-order valence-electron chi connectivity index (χ1n) is 41.9. The molecule has 0 aliphatic carbocycles. The fraction of sp³-hybridized carbons (Fsp3) is 0. The van der Waals surface area contributed by atoms with Crippen molar-refractivity contribution in [2.24, 2.45) is 0 Å². The molecule has 25 rings (SSSR count). The highest BCUT2D eigenvalue weighted by Crippen LogP contribution is 2.51. The number of hydrogen-bond donors (Lipinski definition) is 0. The fourth-order valence-electron chi connectivity index (χ4n) is 18.7. The molecule has 0 radical (unpaired) electrons. The van der Waals surface area contributed by atoms with E-state index in [2.05, 4.69) is 425 Å². The zero-order valence-electron chi connectivity index (χ0n) is 67.0. The standard InChI is InChI=1S/C60H38N4O.C54H34N4O/c1-4-16-39(17-5-1)41-28-32-44(33-29-41)63(45-34-30-42(31-35-45)40-18-6-2-7-19-40)54-38-55-56(48-24-11-10-22-46(48)54)51-37-36-49-47-23-13-15-27-53(47)64(58(49)59(51)65-55)60-61-52-26-14-12-25-50(52)57(62-60)43-20-8-3-9-21-43;1-4-16-35(17-5-1)36-28-30-39(31-29-36)57(38-20-8-3-9-21-38)48-34-49-50(42-24-11-10-22-40(42)48)45-33-32-43-41-23-13-15-27-47(41)58(52(43)53(45)59-49)54-55-46-26-14-12-25-44(46)51(56-54)37-18-6-2-7-19-37/h1-38H;1-34H. The van der Waals surface area contributed by atoms with Crippen LogP contribution in [-0.4, -0.2) is 29.1 Å². The largest absolute Gasteiger partial charge is 0.454 e. The molecule has 25 aromatic rings. The zero-order valence-corrected chi connectivity index (χ0v) is 67.0. The summed E-state index contributed by atoms with van der Waals surface area (Å²) in [6.07, 6.45) is 0. The molecule has 10 nitrogen and oxygen atoms in total. The predicted octanol–water partition coefficient (Wildman–Crippen LogP) is 30.8. The number of rotatable bonds is 13. The second-order valence-electron chi connectivity index (χ2n) is 31.5. The van der Waals surface area contributed by atoms with Crippen molar-refractivity contribution in [2.45, 2.75) is 0 Å². The average Bonchev–Trinajstić information content (AvgIpc) is 1.55. The minimum absolute atomic E-state index is 0.594. The summed E-state index contributed by atoms with van der Waals surface area (Å²) >= 11 is 0. The van der Waals surface area contributed by atoms with Crippen LogP contribution in [0.25, 0.3) is 199 Å². The Balaban J connectivity index is 0.000000140. The van der Waals surface area contributed by atoms with Crippen molar-refractivity contribution in [2.75, 3.05) is 9.80 Å². The third-order valence-electron chi connectivity index (χ3n) is 24.4. The summed E-state index contributed by atoms with van der Waals surface area (Å²) in [6, 6.07) is 154. The maximum atomic E-state index is 7.28. The maximum absolute atomic E-state index is 7.28. The molecule has 0 fully saturated rings. The SMILES string of the molecule is c1ccc(-c2ccc(N(c3ccc(-c4ccccc4)cc3)c3cc4oc5c(ccc6c7ccccc7n(-c7nc(-c8ccccc8)c8ccccc8n7)c65)c4c4ccccc34)cc2)cc1.c1ccc(-c2ccc(N(c3ccccc3)c3cc4oc5c(ccc6c7ccccc7n(-c7nc(-c8ccccc8)c8ccccc8n7)c65)c4c4ccccc34)cc2)cc1. The van der Waals surface area contributed by atoms with Crippen molar-refractivity contribution in [3.63, 3.8) is 0 Å². The van der Waals surface area contributed by atoms with Gasteiger partial charge in [0.05, 0.1) is 44.8 Å². The summed E-state index contributed by atoms with van der Waals surface area (Å²) in [5, 5.41) is 15.1. The minimum atomic E-state index is 0.594. The van der Waals surface area contributed by atoms with E-state index in [1.807, 2.05) is 30.3 Å². The number of fused-ring (bicyclic) bond motifs is 20. The Labute approximate surface area is 712 Å². The van der Waals surface area contributed by atoms with Gasteiger partial charge in [0.15, 0.2) is 11.2 Å². The lowest BCUT2D eigenvalue weighted by Gasteiger charge is -2.27. The highest BCUT2D eigenvalue weighted by Gasteiger charge is 2.29. The molecule has 0 saturated carbocycles. The first-order chi connectivity index (χ1) is 61.5. The normalized spacial score (nSPS) is 11.7. The molecule has 0 aliphatic heterocycles. The van der Waals surface area contributed by atoms with Crippen molar-refractivity contribution in [1.82, 2.24) is 29.1 Å². The third-order valence-corrected chi connectivity index (χ3v) is 24.4. The lowest BCUT2D eigenvalue weighted by Crippen LogP contribution is -2.10. The van der Waals surface area contributed by atoms with Crippen LogP contribution in [0, 0.1) is 0 Å². The van der Waals surface area contributed by atoms with Gasteiger partial charge >= 0.3 is 0 Å². The van der Waals surface area contributed by atoms with Gasteiger partial charge in [-0.15, -0.1) is 0 Å². The molecule has 0 amide bonds. The molecule has 0 unspecified atom stereocenters. The Bertz CT molecular complexity index is 8370. The Hall–Kier alpha value is -16.8. The quantitative estimate of drug-likeness (QED) is 0.113. The molecular weight excluding hydrogens is 1510 g/mol. The lowest BCUT2D eigenvalue weighted by molar-refractivity contribution is 0.670. The molecule has 0 spiro atoms. The van der Waals surface area contributed by atoms with E-state index in [1.54, 1.807) is 0 Å². The highest BCUT2D eigenvalue weighted by molar-refractivity contribution is 6.30. The molecule has 0 saturated heterocycles. The summed E-state index contributed by atoms with van der Waals surface area (Å²) in [5.74, 6) is 1.19. The van der Waals surface area contributed by atoms with Crippen molar-refractivity contribution in [3.05, 3.63) is 437 Å². The number of benzene rings is 19. The van der Waals surface area contributed by atoms with Crippen molar-refractivity contribution < 1.29 is 8.83 Å². The second kappa shape index (κ2) is 29.6. The van der Waals surface area contributed by atoms with Crippen LogP contribution in [0.5, 0.6) is 0 Å². The Morgan fingerprint density at radius 2 is 0.476 bits per heavy atom. The third kappa shape index (κ3) is 11.9. The Kier molecular flexibility index (Phi) is 17.0. The molecule has 580 valence electrons. The van der Waals surface area contributed by atoms with Gasteiger partial charge in [-0.3, -0.25) is 9.13 Å². The zero-order chi connectivity index (χ0) is 81.7. The molecule has 19 aromatic carbocycles. The van der Waals surface area contributed by atoms with Crippen molar-refractivity contribution >= 4 is 165 Å². The van der Waals surface area contributed by atoms with Gasteiger partial charge in [0.25, 0.3) is 0 Å². The number of furan rings is 2. The van der Waals surface area contributed by atoms with E-state index < -0.39 is 0 Å². The topological polar surface area (TPSA) is 94.2 Å². The van der Waals surface area contributed by atoms with Crippen LogP contribution in [0.15, 0.2) is 446 Å². The average molecular weight is 1590 g/mol.